The molecule has 1 heterocycles. The van der Waals surface area contributed by atoms with Gasteiger partial charge in [-0.15, -0.1) is 11.3 Å². The maximum absolute atomic E-state index is 12.2. The highest BCUT2D eigenvalue weighted by Crippen LogP contribution is 2.27. The van der Waals surface area contributed by atoms with Crippen molar-refractivity contribution in [3.63, 3.8) is 0 Å². The molecule has 0 atom stereocenters. The smallest absolute Gasteiger partial charge is 0.343 e. The predicted molar refractivity (Wildman–Crippen MR) is 82.2 cm³/mol. The number of nitrogens with zero attached hydrogens (tertiary/aromatic N) is 1. The van der Waals surface area contributed by atoms with Crippen molar-refractivity contribution in [2.24, 2.45) is 0 Å². The van der Waals surface area contributed by atoms with E-state index in [2.05, 4.69) is 4.98 Å². The Morgan fingerprint density at radius 2 is 2.00 bits per heavy atom. The van der Waals surface area contributed by atoms with E-state index in [1.807, 2.05) is 19.1 Å². The van der Waals surface area contributed by atoms with Crippen molar-refractivity contribution in [2.45, 2.75) is 6.92 Å². The first kappa shape index (κ1) is 13.6. The molecule has 0 bridgehead atoms. The van der Waals surface area contributed by atoms with Gasteiger partial charge in [-0.2, -0.15) is 0 Å². The van der Waals surface area contributed by atoms with Crippen LogP contribution in [0.1, 0.15) is 17.3 Å². The van der Waals surface area contributed by atoms with Crippen LogP contribution >= 0.6 is 11.3 Å². The molecule has 5 heteroatoms. The number of esters is 1. The summed E-state index contributed by atoms with van der Waals surface area (Å²) in [5, 5.41) is 0. The largest absolute Gasteiger partial charge is 0.490 e. The van der Waals surface area contributed by atoms with Crippen LogP contribution in [0, 0.1) is 0 Å². The topological polar surface area (TPSA) is 48.4 Å². The van der Waals surface area contributed by atoms with Gasteiger partial charge in [0.15, 0.2) is 11.5 Å². The minimum absolute atomic E-state index is 0.405. The number of hydrogen-bond donors (Lipinski definition) is 0. The number of carbonyl (C=O) groups is 1. The Kier molecular flexibility index (Phi) is 3.83. The molecule has 21 heavy (non-hydrogen) atoms. The standard InChI is InChI=1S/C16H13NO3S/c1-2-19-13-5-3-4-6-14(13)20-16(18)11-7-8-12-15(9-11)21-10-17-12/h3-10H,2H2,1H3. The van der Waals surface area contributed by atoms with E-state index in [0.717, 1.165) is 10.2 Å². The summed E-state index contributed by atoms with van der Waals surface area (Å²) in [5.74, 6) is 0.582. The first-order valence-electron chi connectivity index (χ1n) is 6.55. The SMILES string of the molecule is CCOc1ccccc1OC(=O)c1ccc2ncsc2c1. The molecule has 0 fully saturated rings. The van der Waals surface area contributed by atoms with Crippen LogP contribution in [0.4, 0.5) is 0 Å². The van der Waals surface area contributed by atoms with Crippen molar-refractivity contribution in [1.29, 1.82) is 0 Å². The summed E-state index contributed by atoms with van der Waals surface area (Å²) >= 11 is 1.49. The molecule has 0 spiro atoms. The maximum atomic E-state index is 12.2. The summed E-state index contributed by atoms with van der Waals surface area (Å²) in [5.41, 5.74) is 3.13. The fraction of sp³-hybridized carbons (Fsp3) is 0.125. The highest BCUT2D eigenvalue weighted by molar-refractivity contribution is 7.16. The van der Waals surface area contributed by atoms with Gasteiger partial charge in [0.05, 0.1) is 27.9 Å². The lowest BCUT2D eigenvalue weighted by Crippen LogP contribution is -2.09. The second kappa shape index (κ2) is 5.93. The lowest BCUT2D eigenvalue weighted by atomic mass is 10.2. The molecular formula is C16H13NO3S. The van der Waals surface area contributed by atoms with Crippen molar-refractivity contribution in [3.8, 4) is 11.5 Å². The van der Waals surface area contributed by atoms with Gasteiger partial charge < -0.3 is 9.47 Å². The third kappa shape index (κ3) is 2.87. The Morgan fingerprint density at radius 1 is 1.19 bits per heavy atom. The molecule has 0 saturated carbocycles. The summed E-state index contributed by atoms with van der Waals surface area (Å²) in [7, 11) is 0. The first-order chi connectivity index (χ1) is 10.3. The Labute approximate surface area is 126 Å². The van der Waals surface area contributed by atoms with Crippen LogP contribution in [0.25, 0.3) is 10.2 Å². The fourth-order valence-electron chi connectivity index (χ4n) is 1.95. The molecule has 106 valence electrons. The average Bonchev–Trinajstić information content (AvgIpc) is 2.97. The van der Waals surface area contributed by atoms with Crippen LogP contribution in [-0.4, -0.2) is 17.6 Å². The third-order valence-electron chi connectivity index (χ3n) is 2.92. The second-order valence-corrected chi connectivity index (χ2v) is 5.19. The molecule has 0 aliphatic carbocycles. The molecule has 0 aliphatic rings. The van der Waals surface area contributed by atoms with Crippen molar-refractivity contribution < 1.29 is 14.3 Å². The van der Waals surface area contributed by atoms with E-state index < -0.39 is 5.97 Å². The van der Waals surface area contributed by atoms with E-state index in [1.165, 1.54) is 11.3 Å². The molecule has 0 radical (unpaired) electrons. The number of para-hydroxylation sites is 2. The molecule has 0 unspecified atom stereocenters. The van der Waals surface area contributed by atoms with Crippen molar-refractivity contribution in [3.05, 3.63) is 53.5 Å². The van der Waals surface area contributed by atoms with E-state index in [0.29, 0.717) is 23.7 Å². The molecule has 0 amide bonds. The van der Waals surface area contributed by atoms with Gasteiger partial charge in [0.25, 0.3) is 0 Å². The molecule has 1 aromatic heterocycles. The Balaban J connectivity index is 1.85. The fourth-order valence-corrected chi connectivity index (χ4v) is 2.67. The van der Waals surface area contributed by atoms with Gasteiger partial charge in [-0.05, 0) is 37.3 Å². The number of hydrogen-bond acceptors (Lipinski definition) is 5. The van der Waals surface area contributed by atoms with Gasteiger partial charge >= 0.3 is 5.97 Å². The molecule has 0 saturated heterocycles. The predicted octanol–water partition coefficient (Wildman–Crippen LogP) is 3.91. The molecule has 2 aromatic carbocycles. The molecule has 0 N–H and O–H groups in total. The summed E-state index contributed by atoms with van der Waals surface area (Å²) in [6, 6.07) is 12.5. The van der Waals surface area contributed by atoms with Gasteiger partial charge in [0.2, 0.25) is 0 Å². The normalized spacial score (nSPS) is 10.5. The van der Waals surface area contributed by atoms with Crippen LogP contribution in [0.5, 0.6) is 11.5 Å². The summed E-state index contributed by atoms with van der Waals surface area (Å²) in [4.78, 5) is 16.4. The highest BCUT2D eigenvalue weighted by atomic mass is 32.1. The molecule has 0 aliphatic heterocycles. The van der Waals surface area contributed by atoms with E-state index in [4.69, 9.17) is 9.47 Å². The quantitative estimate of drug-likeness (QED) is 0.541. The lowest BCUT2D eigenvalue weighted by Gasteiger charge is -2.10. The number of rotatable bonds is 4. The number of carbonyl (C=O) groups excluding carboxylic acids is 1. The number of fused-ring (bicyclic) bond motifs is 1. The maximum Gasteiger partial charge on any atom is 0.343 e. The van der Waals surface area contributed by atoms with Crippen molar-refractivity contribution in [2.75, 3.05) is 6.61 Å². The van der Waals surface area contributed by atoms with Crippen molar-refractivity contribution >= 4 is 27.5 Å². The molecular weight excluding hydrogens is 286 g/mol. The van der Waals surface area contributed by atoms with E-state index >= 15 is 0 Å². The van der Waals surface area contributed by atoms with Crippen LogP contribution < -0.4 is 9.47 Å². The molecule has 3 aromatic rings. The van der Waals surface area contributed by atoms with Crippen LogP contribution in [0.3, 0.4) is 0 Å². The first-order valence-corrected chi connectivity index (χ1v) is 7.43. The summed E-state index contributed by atoms with van der Waals surface area (Å²) in [6.07, 6.45) is 0. The van der Waals surface area contributed by atoms with Gasteiger partial charge in [0.1, 0.15) is 0 Å². The number of benzene rings is 2. The van der Waals surface area contributed by atoms with Gasteiger partial charge in [0, 0.05) is 0 Å². The molecule has 4 nitrogen and oxygen atoms in total. The zero-order chi connectivity index (χ0) is 14.7. The minimum atomic E-state index is -0.405. The van der Waals surface area contributed by atoms with Crippen molar-refractivity contribution in [1.82, 2.24) is 4.98 Å². The highest BCUT2D eigenvalue weighted by Gasteiger charge is 2.13. The van der Waals surface area contributed by atoms with Gasteiger partial charge in [-0.1, -0.05) is 12.1 Å². The Morgan fingerprint density at radius 3 is 2.81 bits per heavy atom. The minimum Gasteiger partial charge on any atom is -0.490 e. The summed E-state index contributed by atoms with van der Waals surface area (Å²) in [6.45, 7) is 2.40. The van der Waals surface area contributed by atoms with Gasteiger partial charge in [-0.3, -0.25) is 0 Å². The monoisotopic (exact) mass is 299 g/mol. The van der Waals surface area contributed by atoms with Crippen LogP contribution in [0.2, 0.25) is 0 Å². The second-order valence-electron chi connectivity index (χ2n) is 4.30. The van der Waals surface area contributed by atoms with E-state index in [1.54, 1.807) is 35.8 Å². The number of ether oxygens (including phenoxy) is 2. The molecule has 3 rings (SSSR count). The Hall–Kier alpha value is -2.40. The lowest BCUT2D eigenvalue weighted by molar-refractivity contribution is 0.0728. The van der Waals surface area contributed by atoms with E-state index in [9.17, 15) is 4.79 Å². The van der Waals surface area contributed by atoms with Crippen LogP contribution in [-0.2, 0) is 0 Å². The number of thiazole rings is 1. The van der Waals surface area contributed by atoms with Crippen LogP contribution in [0.15, 0.2) is 48.0 Å². The zero-order valence-corrected chi connectivity index (χ0v) is 12.2. The number of aromatic nitrogens is 1. The van der Waals surface area contributed by atoms with Gasteiger partial charge in [-0.25, -0.2) is 9.78 Å². The Bertz CT molecular complexity index is 782. The summed E-state index contributed by atoms with van der Waals surface area (Å²) < 4.78 is 11.8. The van der Waals surface area contributed by atoms with E-state index in [-0.39, 0.29) is 0 Å². The third-order valence-corrected chi connectivity index (χ3v) is 3.71. The zero-order valence-electron chi connectivity index (χ0n) is 11.4. The average molecular weight is 299 g/mol.